The van der Waals surface area contributed by atoms with E-state index in [1.165, 1.54) is 0 Å². The normalized spacial score (nSPS) is 14.3. The van der Waals surface area contributed by atoms with E-state index in [4.69, 9.17) is 5.11 Å². The number of carbonyl (C=O) groups is 1. The van der Waals surface area contributed by atoms with Crippen LogP contribution in [-0.4, -0.2) is 29.1 Å². The summed E-state index contributed by atoms with van der Waals surface area (Å²) in [7, 11) is 1.65. The van der Waals surface area contributed by atoms with E-state index in [1.807, 2.05) is 0 Å². The Morgan fingerprint density at radius 3 is 2.61 bits per heavy atom. The summed E-state index contributed by atoms with van der Waals surface area (Å²) in [5.41, 5.74) is -1.14. The van der Waals surface area contributed by atoms with Gasteiger partial charge in [0.25, 0.3) is 5.69 Å². The van der Waals surface area contributed by atoms with Crippen molar-refractivity contribution in [2.75, 3.05) is 11.9 Å². The molecule has 1 aromatic rings. The van der Waals surface area contributed by atoms with Crippen molar-refractivity contribution in [3.05, 3.63) is 33.6 Å². The first-order valence-corrected chi connectivity index (χ1v) is 5.36. The third kappa shape index (κ3) is 2.11. The first kappa shape index (κ1) is 12.3. The van der Waals surface area contributed by atoms with Crippen molar-refractivity contribution in [3.8, 4) is 0 Å². The van der Waals surface area contributed by atoms with Gasteiger partial charge in [-0.3, -0.25) is 10.1 Å². The fourth-order valence-corrected chi connectivity index (χ4v) is 1.80. The monoisotopic (exact) mass is 254 g/mol. The van der Waals surface area contributed by atoms with E-state index in [2.05, 4.69) is 0 Å². The van der Waals surface area contributed by atoms with E-state index in [9.17, 15) is 19.3 Å². The van der Waals surface area contributed by atoms with E-state index in [-0.39, 0.29) is 11.7 Å². The van der Waals surface area contributed by atoms with Crippen molar-refractivity contribution in [2.24, 2.45) is 0 Å². The number of halogens is 1. The average Bonchev–Trinajstić information content (AvgIpc) is 3.10. The minimum atomic E-state index is -1.44. The van der Waals surface area contributed by atoms with E-state index in [0.717, 1.165) is 18.9 Å². The molecule has 6 nitrogen and oxygen atoms in total. The molecule has 0 atom stereocenters. The summed E-state index contributed by atoms with van der Waals surface area (Å²) < 4.78 is 13.8. The molecule has 2 rings (SSSR count). The predicted octanol–water partition coefficient (Wildman–Crippen LogP) is 2.03. The zero-order valence-electron chi connectivity index (χ0n) is 9.59. The third-order valence-corrected chi connectivity index (χ3v) is 2.97. The van der Waals surface area contributed by atoms with Crippen LogP contribution in [0, 0.1) is 15.9 Å². The molecule has 0 amide bonds. The molecule has 1 aliphatic rings. The summed E-state index contributed by atoms with van der Waals surface area (Å²) >= 11 is 0. The lowest BCUT2D eigenvalue weighted by Gasteiger charge is -2.19. The van der Waals surface area contributed by atoms with Crippen molar-refractivity contribution in [1.29, 1.82) is 0 Å². The van der Waals surface area contributed by atoms with Crippen LogP contribution in [0.1, 0.15) is 23.2 Å². The number of rotatable bonds is 4. The van der Waals surface area contributed by atoms with Gasteiger partial charge in [-0.2, -0.15) is 0 Å². The zero-order valence-corrected chi connectivity index (χ0v) is 9.59. The molecule has 1 fully saturated rings. The van der Waals surface area contributed by atoms with Gasteiger partial charge in [0.1, 0.15) is 5.56 Å². The lowest BCUT2D eigenvalue weighted by atomic mass is 10.1. The van der Waals surface area contributed by atoms with E-state index >= 15 is 0 Å². The van der Waals surface area contributed by atoms with Gasteiger partial charge in [-0.1, -0.05) is 0 Å². The molecular weight excluding hydrogens is 243 g/mol. The Bertz CT molecular complexity index is 528. The molecule has 7 heteroatoms. The number of nitro groups is 1. The van der Waals surface area contributed by atoms with Crippen LogP contribution in [0.4, 0.5) is 15.8 Å². The maximum atomic E-state index is 13.8. The minimum Gasteiger partial charge on any atom is -0.477 e. The lowest BCUT2D eigenvalue weighted by molar-refractivity contribution is -0.385. The predicted molar refractivity (Wildman–Crippen MR) is 61.4 cm³/mol. The van der Waals surface area contributed by atoms with E-state index < -0.39 is 28.0 Å². The molecule has 1 aliphatic carbocycles. The average molecular weight is 254 g/mol. The number of nitrogens with zero attached hydrogens (tertiary/aromatic N) is 2. The highest BCUT2D eigenvalue weighted by Gasteiger charge is 2.31. The number of nitro benzene ring substituents is 1. The van der Waals surface area contributed by atoms with Gasteiger partial charge in [-0.05, 0) is 18.9 Å². The molecule has 1 N–H and O–H groups in total. The SMILES string of the molecule is CN(c1cc(C(=O)O)c([N+](=O)[O-])cc1F)C1CC1. The smallest absolute Gasteiger partial charge is 0.342 e. The van der Waals surface area contributed by atoms with Gasteiger partial charge in [0, 0.05) is 13.1 Å². The lowest BCUT2D eigenvalue weighted by Crippen LogP contribution is -2.21. The molecule has 0 bridgehead atoms. The molecule has 0 unspecified atom stereocenters. The van der Waals surface area contributed by atoms with Gasteiger partial charge < -0.3 is 10.0 Å². The van der Waals surface area contributed by atoms with Gasteiger partial charge in [-0.25, -0.2) is 9.18 Å². The van der Waals surface area contributed by atoms with Crippen LogP contribution in [0.2, 0.25) is 0 Å². The number of hydrogen-bond acceptors (Lipinski definition) is 4. The standard InChI is InChI=1S/C11H11FN2O4/c1-13(6-2-3-6)10-4-7(11(15)16)9(14(17)18)5-8(10)12/h4-6H,2-3H2,1H3,(H,15,16). The van der Waals surface area contributed by atoms with Crippen LogP contribution in [0.25, 0.3) is 0 Å². The molecule has 1 aromatic carbocycles. The zero-order chi connectivity index (χ0) is 13.4. The van der Waals surface area contributed by atoms with Crippen LogP contribution < -0.4 is 4.90 Å². The molecule has 96 valence electrons. The number of carboxylic acid groups (broad SMARTS) is 1. The number of aromatic carboxylic acids is 1. The molecule has 0 aromatic heterocycles. The number of carboxylic acids is 1. The van der Waals surface area contributed by atoms with Crippen molar-refractivity contribution in [2.45, 2.75) is 18.9 Å². The van der Waals surface area contributed by atoms with Crippen molar-refractivity contribution in [1.82, 2.24) is 0 Å². The Morgan fingerprint density at radius 2 is 2.17 bits per heavy atom. The van der Waals surface area contributed by atoms with Crippen LogP contribution in [0.3, 0.4) is 0 Å². The van der Waals surface area contributed by atoms with E-state index in [0.29, 0.717) is 6.07 Å². The second-order valence-corrected chi connectivity index (χ2v) is 4.23. The fourth-order valence-electron chi connectivity index (χ4n) is 1.80. The van der Waals surface area contributed by atoms with Gasteiger partial charge in [0.2, 0.25) is 0 Å². The van der Waals surface area contributed by atoms with Gasteiger partial charge in [0.05, 0.1) is 16.7 Å². The van der Waals surface area contributed by atoms with Crippen LogP contribution in [-0.2, 0) is 0 Å². The molecule has 0 spiro atoms. The third-order valence-electron chi connectivity index (χ3n) is 2.97. The van der Waals surface area contributed by atoms with Gasteiger partial charge >= 0.3 is 5.97 Å². The summed E-state index contributed by atoms with van der Waals surface area (Å²) in [5, 5.41) is 19.6. The quantitative estimate of drug-likeness (QED) is 0.656. The maximum Gasteiger partial charge on any atom is 0.342 e. The molecule has 0 heterocycles. The second kappa shape index (κ2) is 4.25. The van der Waals surface area contributed by atoms with Crippen molar-refractivity contribution < 1.29 is 19.2 Å². The Labute approximate surface area is 102 Å². The van der Waals surface area contributed by atoms with Crippen LogP contribution in [0.5, 0.6) is 0 Å². The number of benzene rings is 1. The molecule has 18 heavy (non-hydrogen) atoms. The molecular formula is C11H11FN2O4. The number of hydrogen-bond donors (Lipinski definition) is 1. The molecule has 0 aliphatic heterocycles. The summed E-state index contributed by atoms with van der Waals surface area (Å²) in [6.07, 6.45) is 1.82. The van der Waals surface area contributed by atoms with Crippen molar-refractivity contribution in [3.63, 3.8) is 0 Å². The molecule has 0 radical (unpaired) electrons. The topological polar surface area (TPSA) is 83.7 Å². The Balaban J connectivity index is 2.52. The van der Waals surface area contributed by atoms with Crippen LogP contribution in [0.15, 0.2) is 12.1 Å². The molecule has 0 saturated heterocycles. The highest BCUT2D eigenvalue weighted by molar-refractivity contribution is 5.93. The minimum absolute atomic E-state index is 0.0838. The van der Waals surface area contributed by atoms with Crippen LogP contribution >= 0.6 is 0 Å². The summed E-state index contributed by atoms with van der Waals surface area (Å²) in [6.45, 7) is 0. The summed E-state index contributed by atoms with van der Waals surface area (Å²) in [5.74, 6) is -2.21. The largest absolute Gasteiger partial charge is 0.477 e. The summed E-state index contributed by atoms with van der Waals surface area (Å²) in [6, 6.07) is 1.87. The fraction of sp³-hybridized carbons (Fsp3) is 0.364. The van der Waals surface area contributed by atoms with E-state index in [1.54, 1.807) is 11.9 Å². The number of anilines is 1. The second-order valence-electron chi connectivity index (χ2n) is 4.23. The van der Waals surface area contributed by atoms with Crippen molar-refractivity contribution >= 4 is 17.3 Å². The maximum absolute atomic E-state index is 13.8. The molecule has 1 saturated carbocycles. The Morgan fingerprint density at radius 1 is 1.56 bits per heavy atom. The summed E-state index contributed by atoms with van der Waals surface area (Å²) in [4.78, 5) is 22.3. The first-order chi connectivity index (χ1) is 8.41. The first-order valence-electron chi connectivity index (χ1n) is 5.36. The Kier molecular flexibility index (Phi) is 2.90. The highest BCUT2D eigenvalue weighted by atomic mass is 19.1. The Hall–Kier alpha value is -2.18. The van der Waals surface area contributed by atoms with Gasteiger partial charge in [0.15, 0.2) is 5.82 Å². The van der Waals surface area contributed by atoms with Gasteiger partial charge in [-0.15, -0.1) is 0 Å². The highest BCUT2D eigenvalue weighted by Crippen LogP contribution is 2.34.